The van der Waals surface area contributed by atoms with E-state index < -0.39 is 11.2 Å². The van der Waals surface area contributed by atoms with E-state index in [1.54, 1.807) is 6.92 Å². The van der Waals surface area contributed by atoms with Crippen LogP contribution < -0.4 is 5.32 Å². The maximum Gasteiger partial charge on any atom is 0.316 e. The Morgan fingerprint density at radius 2 is 2.28 bits per heavy atom. The van der Waals surface area contributed by atoms with E-state index in [0.717, 1.165) is 31.0 Å². The number of carboxylic acids is 1. The van der Waals surface area contributed by atoms with Crippen LogP contribution >= 0.6 is 11.8 Å². The molecule has 0 fully saturated rings. The smallest absolute Gasteiger partial charge is 0.316 e. The van der Waals surface area contributed by atoms with Crippen molar-refractivity contribution in [1.82, 2.24) is 5.32 Å². The topological polar surface area (TPSA) is 66.4 Å². The van der Waals surface area contributed by atoms with Crippen LogP contribution in [-0.2, 0) is 9.59 Å². The van der Waals surface area contributed by atoms with Crippen molar-refractivity contribution in [2.24, 2.45) is 0 Å². The van der Waals surface area contributed by atoms with Crippen LogP contribution in [0, 0.1) is 0 Å². The van der Waals surface area contributed by atoms with Crippen LogP contribution in [0.3, 0.4) is 0 Å². The van der Waals surface area contributed by atoms with Gasteiger partial charge in [0, 0.05) is 6.54 Å². The number of allylic oxidation sites excluding steroid dienone is 1. The Morgan fingerprint density at radius 3 is 2.89 bits per heavy atom. The van der Waals surface area contributed by atoms with Crippen molar-refractivity contribution < 1.29 is 14.7 Å². The van der Waals surface area contributed by atoms with Gasteiger partial charge in [-0.05, 0) is 39.0 Å². The van der Waals surface area contributed by atoms with Crippen molar-refractivity contribution >= 4 is 23.6 Å². The van der Waals surface area contributed by atoms with Gasteiger partial charge in [-0.3, -0.25) is 9.59 Å². The second kappa shape index (κ2) is 8.19. The molecule has 0 saturated carbocycles. The molecular weight excluding hydrogens is 250 g/mol. The van der Waals surface area contributed by atoms with Gasteiger partial charge in [-0.25, -0.2) is 0 Å². The van der Waals surface area contributed by atoms with Crippen molar-refractivity contribution in [3.05, 3.63) is 11.6 Å². The van der Waals surface area contributed by atoms with Gasteiger partial charge in [-0.1, -0.05) is 11.6 Å². The zero-order valence-corrected chi connectivity index (χ0v) is 11.6. The van der Waals surface area contributed by atoms with Crippen molar-refractivity contribution in [1.29, 1.82) is 0 Å². The summed E-state index contributed by atoms with van der Waals surface area (Å²) in [5.41, 5.74) is 1.44. The Hall–Kier alpha value is -0.970. The lowest BCUT2D eigenvalue weighted by Crippen LogP contribution is -2.28. The lowest BCUT2D eigenvalue weighted by atomic mass is 9.97. The first-order valence-electron chi connectivity index (χ1n) is 6.38. The molecule has 0 spiro atoms. The second-order valence-corrected chi connectivity index (χ2v) is 5.83. The van der Waals surface area contributed by atoms with Crippen molar-refractivity contribution in [2.75, 3.05) is 12.3 Å². The number of hydrogen-bond donors (Lipinski definition) is 2. The first-order valence-corrected chi connectivity index (χ1v) is 7.43. The van der Waals surface area contributed by atoms with Crippen molar-refractivity contribution in [3.63, 3.8) is 0 Å². The molecule has 1 atom stereocenters. The van der Waals surface area contributed by atoms with Gasteiger partial charge in [-0.15, -0.1) is 11.8 Å². The highest BCUT2D eigenvalue weighted by molar-refractivity contribution is 8.01. The van der Waals surface area contributed by atoms with E-state index in [4.69, 9.17) is 5.11 Å². The van der Waals surface area contributed by atoms with Gasteiger partial charge in [0.25, 0.3) is 0 Å². The molecule has 5 heteroatoms. The number of carboxylic acid groups (broad SMARTS) is 1. The Balaban J connectivity index is 2.09. The van der Waals surface area contributed by atoms with Gasteiger partial charge in [0.1, 0.15) is 0 Å². The summed E-state index contributed by atoms with van der Waals surface area (Å²) in [4.78, 5) is 22.0. The summed E-state index contributed by atoms with van der Waals surface area (Å²) in [6.45, 7) is 2.25. The molecule has 0 radical (unpaired) electrons. The third-order valence-corrected chi connectivity index (χ3v) is 4.10. The van der Waals surface area contributed by atoms with Gasteiger partial charge in [-0.2, -0.15) is 0 Å². The second-order valence-electron chi connectivity index (χ2n) is 4.50. The summed E-state index contributed by atoms with van der Waals surface area (Å²) >= 11 is 1.15. The number of carbonyl (C=O) groups is 2. The molecule has 1 unspecified atom stereocenters. The highest BCUT2D eigenvalue weighted by Gasteiger charge is 2.13. The van der Waals surface area contributed by atoms with Gasteiger partial charge in [0.2, 0.25) is 5.91 Å². The molecule has 1 aliphatic rings. The van der Waals surface area contributed by atoms with Crippen LogP contribution in [0.5, 0.6) is 0 Å². The maximum atomic E-state index is 11.5. The molecule has 0 aromatic heterocycles. The van der Waals surface area contributed by atoms with Gasteiger partial charge < -0.3 is 10.4 Å². The van der Waals surface area contributed by atoms with Crippen molar-refractivity contribution in [2.45, 2.75) is 44.3 Å². The third-order valence-electron chi connectivity index (χ3n) is 2.97. The number of nitrogens with one attached hydrogen (secondary N) is 1. The number of thioether (sulfide) groups is 1. The van der Waals surface area contributed by atoms with E-state index in [-0.39, 0.29) is 11.7 Å². The number of hydrogen-bond acceptors (Lipinski definition) is 3. The summed E-state index contributed by atoms with van der Waals surface area (Å²) in [6, 6.07) is 0. The van der Waals surface area contributed by atoms with E-state index in [9.17, 15) is 9.59 Å². The molecular formula is C13H21NO3S. The summed E-state index contributed by atoms with van der Waals surface area (Å²) < 4.78 is 0. The minimum Gasteiger partial charge on any atom is -0.480 e. The summed E-state index contributed by atoms with van der Waals surface area (Å²) in [7, 11) is 0. The molecule has 2 N–H and O–H groups in total. The van der Waals surface area contributed by atoms with E-state index in [0.29, 0.717) is 6.54 Å². The van der Waals surface area contributed by atoms with Crippen LogP contribution in [0.1, 0.15) is 39.0 Å². The average Bonchev–Trinajstić information content (AvgIpc) is 2.37. The number of amides is 1. The van der Waals surface area contributed by atoms with Gasteiger partial charge in [0.05, 0.1) is 11.0 Å². The van der Waals surface area contributed by atoms with Crippen LogP contribution in [0.2, 0.25) is 0 Å². The first kappa shape index (κ1) is 15.1. The molecule has 0 heterocycles. The molecule has 0 bridgehead atoms. The Kier molecular flexibility index (Phi) is 6.86. The first-order chi connectivity index (χ1) is 8.59. The maximum absolute atomic E-state index is 11.5. The van der Waals surface area contributed by atoms with Crippen molar-refractivity contribution in [3.8, 4) is 0 Å². The number of carbonyl (C=O) groups excluding carboxylic acids is 1. The zero-order valence-electron chi connectivity index (χ0n) is 10.8. The normalized spacial score (nSPS) is 16.8. The quantitative estimate of drug-likeness (QED) is 0.697. The summed E-state index contributed by atoms with van der Waals surface area (Å²) in [5, 5.41) is 11.0. The number of rotatable bonds is 7. The standard InChI is InChI=1S/C13H21NO3S/c1-10(13(16)17)18-9-12(15)14-8-7-11-5-3-2-4-6-11/h5,10H,2-4,6-9H2,1H3,(H,14,15)(H,16,17). The Morgan fingerprint density at radius 1 is 1.50 bits per heavy atom. The van der Waals surface area contributed by atoms with Crippen LogP contribution in [0.4, 0.5) is 0 Å². The highest BCUT2D eigenvalue weighted by Crippen LogP contribution is 2.19. The fourth-order valence-corrected chi connectivity index (χ4v) is 2.46. The molecule has 102 valence electrons. The lowest BCUT2D eigenvalue weighted by Gasteiger charge is -2.13. The predicted molar refractivity (Wildman–Crippen MR) is 73.7 cm³/mol. The van der Waals surface area contributed by atoms with Gasteiger partial charge >= 0.3 is 5.97 Å². The fraction of sp³-hybridized carbons (Fsp3) is 0.692. The van der Waals surface area contributed by atoms with E-state index in [1.807, 2.05) is 0 Å². The Labute approximate surface area is 112 Å². The largest absolute Gasteiger partial charge is 0.480 e. The molecule has 4 nitrogen and oxygen atoms in total. The van der Waals surface area contributed by atoms with Crippen LogP contribution in [0.15, 0.2) is 11.6 Å². The minimum absolute atomic E-state index is 0.0792. The van der Waals surface area contributed by atoms with E-state index in [1.165, 1.54) is 18.4 Å². The predicted octanol–water partition coefficient (Wildman–Crippen LogP) is 2.20. The molecule has 1 amide bonds. The molecule has 0 aliphatic heterocycles. The molecule has 18 heavy (non-hydrogen) atoms. The molecule has 1 rings (SSSR count). The van der Waals surface area contributed by atoms with Crippen LogP contribution in [0.25, 0.3) is 0 Å². The molecule has 1 aliphatic carbocycles. The fourth-order valence-electron chi connectivity index (χ4n) is 1.82. The van der Waals surface area contributed by atoms with E-state index in [2.05, 4.69) is 11.4 Å². The van der Waals surface area contributed by atoms with Crippen LogP contribution in [-0.4, -0.2) is 34.5 Å². The van der Waals surface area contributed by atoms with E-state index >= 15 is 0 Å². The Bertz CT molecular complexity index is 328. The monoisotopic (exact) mass is 271 g/mol. The lowest BCUT2D eigenvalue weighted by molar-refractivity contribution is -0.136. The zero-order chi connectivity index (χ0) is 13.4. The number of aliphatic carboxylic acids is 1. The average molecular weight is 271 g/mol. The minimum atomic E-state index is -0.875. The molecule has 0 aromatic rings. The summed E-state index contributed by atoms with van der Waals surface area (Å²) in [6.07, 6.45) is 8.04. The highest BCUT2D eigenvalue weighted by atomic mass is 32.2. The summed E-state index contributed by atoms with van der Waals surface area (Å²) in [5.74, 6) is -0.739. The molecule has 0 saturated heterocycles. The molecule has 0 aromatic carbocycles. The third kappa shape index (κ3) is 6.10. The van der Waals surface area contributed by atoms with Gasteiger partial charge in [0.15, 0.2) is 0 Å². The SMILES string of the molecule is CC(SCC(=O)NCCC1=CCCCC1)C(=O)O.